The van der Waals surface area contributed by atoms with Gasteiger partial charge in [-0.2, -0.15) is 0 Å². The number of nitrogens with one attached hydrogen (secondary N) is 1. The third-order valence-corrected chi connectivity index (χ3v) is 4.74. The number of carbonyl (C=O) groups excluding carboxylic acids is 2. The maximum Gasteiger partial charge on any atom is 0.286 e. The van der Waals surface area contributed by atoms with Gasteiger partial charge in [0.2, 0.25) is 5.91 Å². The van der Waals surface area contributed by atoms with Gasteiger partial charge in [0.15, 0.2) is 0 Å². The molecule has 2 rings (SSSR count). The number of amides is 2. The molecule has 138 valence electrons. The number of allylic oxidation sites excluding steroid dienone is 4. The van der Waals surface area contributed by atoms with Crippen LogP contribution < -0.4 is 15.8 Å². The molecule has 3 N–H and O–H groups in total. The Labute approximate surface area is 157 Å². The smallest absolute Gasteiger partial charge is 0.286 e. The van der Waals surface area contributed by atoms with Gasteiger partial charge in [-0.3, -0.25) is 14.9 Å². The highest BCUT2D eigenvalue weighted by Crippen LogP contribution is 2.23. The van der Waals surface area contributed by atoms with E-state index >= 15 is 0 Å². The van der Waals surface area contributed by atoms with Crippen LogP contribution in [-0.4, -0.2) is 41.5 Å². The topological polar surface area (TPSA) is 84.7 Å². The predicted molar refractivity (Wildman–Crippen MR) is 105 cm³/mol. The highest BCUT2D eigenvalue weighted by molar-refractivity contribution is 8.15. The van der Waals surface area contributed by atoms with Crippen molar-refractivity contribution >= 4 is 22.9 Å². The standard InChI is InChI=1S/C19H23N3O3S/c1-3-4-5-6-17(20)22(2)11-12-25-15-9-7-14(8-10-15)13-16-18(23)21-19(24)26-16/h3-10,16H,1,11-13,20H2,2H3,(H,21,23,24)/b5-4-,17-6+. The van der Waals surface area contributed by atoms with Gasteiger partial charge in [-0.25, -0.2) is 0 Å². The van der Waals surface area contributed by atoms with Gasteiger partial charge in [-0.05, 0) is 30.2 Å². The monoisotopic (exact) mass is 373 g/mol. The van der Waals surface area contributed by atoms with Crippen LogP contribution in [0.1, 0.15) is 5.56 Å². The summed E-state index contributed by atoms with van der Waals surface area (Å²) in [6, 6.07) is 7.54. The number of ether oxygens (including phenoxy) is 1. The Bertz CT molecular complexity index is 713. The largest absolute Gasteiger partial charge is 0.492 e. The van der Waals surface area contributed by atoms with Crippen LogP contribution in [0.3, 0.4) is 0 Å². The zero-order chi connectivity index (χ0) is 18.9. The lowest BCUT2D eigenvalue weighted by atomic mass is 10.1. The van der Waals surface area contributed by atoms with Gasteiger partial charge in [-0.1, -0.05) is 48.7 Å². The fraction of sp³-hybridized carbons (Fsp3) is 0.263. The van der Waals surface area contributed by atoms with Crippen LogP contribution in [0.15, 0.2) is 61.0 Å². The SMILES string of the molecule is C=C/C=C\C=C(/N)N(C)CCOc1ccc(CC2SC(=O)NC2=O)cc1. The van der Waals surface area contributed by atoms with Crippen LogP contribution in [0, 0.1) is 0 Å². The van der Waals surface area contributed by atoms with E-state index in [0.29, 0.717) is 25.4 Å². The molecule has 1 unspecified atom stereocenters. The molecule has 1 aromatic rings. The first-order valence-electron chi connectivity index (χ1n) is 8.19. The summed E-state index contributed by atoms with van der Waals surface area (Å²) in [6.07, 6.45) is 7.65. The molecule has 0 radical (unpaired) electrons. The van der Waals surface area contributed by atoms with Crippen molar-refractivity contribution in [3.05, 3.63) is 66.5 Å². The van der Waals surface area contributed by atoms with E-state index in [1.165, 1.54) is 0 Å². The van der Waals surface area contributed by atoms with Gasteiger partial charge in [0.05, 0.1) is 17.6 Å². The Morgan fingerprint density at radius 1 is 1.35 bits per heavy atom. The van der Waals surface area contributed by atoms with Gasteiger partial charge in [0.1, 0.15) is 12.4 Å². The average Bonchev–Trinajstić information content (AvgIpc) is 2.93. The Hall–Kier alpha value is -2.67. The van der Waals surface area contributed by atoms with E-state index in [9.17, 15) is 9.59 Å². The molecule has 6 nitrogen and oxygen atoms in total. The Kier molecular flexibility index (Phi) is 7.35. The fourth-order valence-electron chi connectivity index (χ4n) is 2.25. The van der Waals surface area contributed by atoms with Crippen molar-refractivity contribution in [2.75, 3.05) is 20.2 Å². The van der Waals surface area contributed by atoms with Crippen molar-refractivity contribution < 1.29 is 14.3 Å². The van der Waals surface area contributed by atoms with Crippen LogP contribution in [0.25, 0.3) is 0 Å². The van der Waals surface area contributed by atoms with Crippen LogP contribution in [0.5, 0.6) is 5.75 Å². The molecular formula is C19H23N3O3S. The quantitative estimate of drug-likeness (QED) is 0.647. The molecule has 1 heterocycles. The molecule has 1 aliphatic heterocycles. The summed E-state index contributed by atoms with van der Waals surface area (Å²) in [5, 5.41) is 1.66. The third-order valence-electron chi connectivity index (χ3n) is 3.76. The zero-order valence-electron chi connectivity index (χ0n) is 14.7. The molecule has 1 atom stereocenters. The highest BCUT2D eigenvalue weighted by Gasteiger charge is 2.31. The number of likely N-dealkylation sites (N-methyl/N-ethyl adjacent to an activating group) is 1. The number of hydrogen-bond donors (Lipinski definition) is 2. The number of thioether (sulfide) groups is 1. The summed E-state index contributed by atoms with van der Waals surface area (Å²) >= 11 is 1.04. The first kappa shape index (κ1) is 19.7. The summed E-state index contributed by atoms with van der Waals surface area (Å²) in [6.45, 7) is 4.74. The van der Waals surface area contributed by atoms with E-state index in [1.807, 2.05) is 48.4 Å². The maximum absolute atomic E-state index is 11.6. The first-order chi connectivity index (χ1) is 12.5. The van der Waals surface area contributed by atoms with Gasteiger partial charge in [-0.15, -0.1) is 0 Å². The Balaban J connectivity index is 1.77. The fourth-order valence-corrected chi connectivity index (χ4v) is 3.11. The minimum absolute atomic E-state index is 0.225. The molecule has 1 aromatic carbocycles. The lowest BCUT2D eigenvalue weighted by Crippen LogP contribution is -2.27. The summed E-state index contributed by atoms with van der Waals surface area (Å²) in [4.78, 5) is 24.7. The van der Waals surface area contributed by atoms with Crippen molar-refractivity contribution in [2.45, 2.75) is 11.7 Å². The summed E-state index contributed by atoms with van der Waals surface area (Å²) in [5.41, 5.74) is 6.93. The lowest BCUT2D eigenvalue weighted by molar-refractivity contribution is -0.118. The predicted octanol–water partition coefficient (Wildman–Crippen LogP) is 2.43. The summed E-state index contributed by atoms with van der Waals surface area (Å²) in [5.74, 6) is 1.16. The molecule has 0 bridgehead atoms. The zero-order valence-corrected chi connectivity index (χ0v) is 15.5. The van der Waals surface area contributed by atoms with Crippen LogP contribution in [0.4, 0.5) is 4.79 Å². The second kappa shape index (κ2) is 9.72. The van der Waals surface area contributed by atoms with Gasteiger partial charge in [0, 0.05) is 7.05 Å². The average molecular weight is 373 g/mol. The van der Waals surface area contributed by atoms with Crippen LogP contribution >= 0.6 is 11.8 Å². The first-order valence-corrected chi connectivity index (χ1v) is 9.07. The van der Waals surface area contributed by atoms with Crippen molar-refractivity contribution in [1.29, 1.82) is 0 Å². The number of imide groups is 1. The van der Waals surface area contributed by atoms with Crippen LogP contribution in [-0.2, 0) is 11.2 Å². The Morgan fingerprint density at radius 3 is 2.69 bits per heavy atom. The van der Waals surface area contributed by atoms with Crippen molar-refractivity contribution in [3.8, 4) is 5.75 Å². The van der Waals surface area contributed by atoms with Crippen LogP contribution in [0.2, 0.25) is 0 Å². The minimum Gasteiger partial charge on any atom is -0.492 e. The molecule has 26 heavy (non-hydrogen) atoms. The lowest BCUT2D eigenvalue weighted by Gasteiger charge is -2.19. The number of carbonyl (C=O) groups is 2. The molecule has 7 heteroatoms. The van der Waals surface area contributed by atoms with Crippen molar-refractivity contribution in [2.24, 2.45) is 5.73 Å². The van der Waals surface area contributed by atoms with E-state index in [1.54, 1.807) is 12.2 Å². The molecule has 1 saturated heterocycles. The summed E-state index contributed by atoms with van der Waals surface area (Å²) < 4.78 is 5.72. The van der Waals surface area contributed by atoms with Gasteiger partial charge >= 0.3 is 0 Å². The normalized spacial score (nSPS) is 17.4. The number of nitrogens with zero attached hydrogens (tertiary/aromatic N) is 1. The van der Waals surface area contributed by atoms with E-state index in [4.69, 9.17) is 10.5 Å². The highest BCUT2D eigenvalue weighted by atomic mass is 32.2. The molecule has 1 aliphatic rings. The number of nitrogens with two attached hydrogens (primary N) is 1. The number of hydrogen-bond acceptors (Lipinski definition) is 6. The molecule has 0 saturated carbocycles. The van der Waals surface area contributed by atoms with Gasteiger partial charge in [0.25, 0.3) is 5.24 Å². The number of benzene rings is 1. The third kappa shape index (κ3) is 6.00. The van der Waals surface area contributed by atoms with E-state index in [0.717, 1.165) is 23.1 Å². The molecule has 0 spiro atoms. The summed E-state index contributed by atoms with van der Waals surface area (Å²) in [7, 11) is 1.89. The Morgan fingerprint density at radius 2 is 2.08 bits per heavy atom. The molecule has 0 aromatic heterocycles. The van der Waals surface area contributed by atoms with Gasteiger partial charge < -0.3 is 15.4 Å². The minimum atomic E-state index is -0.354. The molecule has 1 fully saturated rings. The van der Waals surface area contributed by atoms with E-state index in [-0.39, 0.29) is 16.4 Å². The second-order valence-corrected chi connectivity index (χ2v) is 6.89. The van der Waals surface area contributed by atoms with E-state index in [2.05, 4.69) is 11.9 Å². The molecule has 2 amide bonds. The second-order valence-electron chi connectivity index (χ2n) is 5.71. The maximum atomic E-state index is 11.6. The van der Waals surface area contributed by atoms with Crippen molar-refractivity contribution in [1.82, 2.24) is 10.2 Å². The molecular weight excluding hydrogens is 350 g/mol. The molecule has 0 aliphatic carbocycles. The van der Waals surface area contributed by atoms with Crippen molar-refractivity contribution in [3.63, 3.8) is 0 Å². The van der Waals surface area contributed by atoms with E-state index < -0.39 is 0 Å². The number of rotatable bonds is 9.